The third-order valence-electron chi connectivity index (χ3n) is 5.40. The van der Waals surface area contributed by atoms with Crippen LogP contribution in [-0.2, 0) is 0 Å². The largest absolute Gasteiger partial charge is 0.452 e. The molecule has 0 heterocycles. The number of benzene rings is 5. The molecule has 0 N–H and O–H groups in total. The summed E-state index contributed by atoms with van der Waals surface area (Å²) in [4.78, 5) is 0. The van der Waals surface area contributed by atoms with Gasteiger partial charge in [0, 0.05) is 15.6 Å². The Morgan fingerprint density at radius 2 is 1.17 bits per heavy atom. The number of hydrogen-bond acceptors (Lipinski definition) is 4. The Hall–Kier alpha value is -3.56. The molecule has 0 saturated carbocycles. The zero-order valence-corrected chi connectivity index (χ0v) is 24.3. The molecule has 0 spiro atoms. The van der Waals surface area contributed by atoms with E-state index in [1.165, 1.54) is 18.2 Å². The Morgan fingerprint density at radius 3 is 1.88 bits per heavy atom. The van der Waals surface area contributed by atoms with Crippen molar-refractivity contribution in [2.75, 3.05) is 0 Å². The van der Waals surface area contributed by atoms with E-state index in [1.54, 1.807) is 54.6 Å². The Balaban J connectivity index is 1.77. The fourth-order valence-electron chi connectivity index (χ4n) is 3.56. The monoisotopic (exact) mass is 680 g/mol. The van der Waals surface area contributed by atoms with Gasteiger partial charge in [0.1, 0.15) is 28.0 Å². The average molecular weight is 683 g/mol. The van der Waals surface area contributed by atoms with Gasteiger partial charge in [-0.2, -0.15) is 0 Å². The number of halogens is 7. The van der Waals surface area contributed by atoms with Crippen molar-refractivity contribution >= 4 is 50.7 Å². The molecule has 5 rings (SSSR count). The zero-order chi connectivity index (χ0) is 29.1. The van der Waals surface area contributed by atoms with Crippen molar-refractivity contribution in [1.29, 1.82) is 0 Å². The van der Waals surface area contributed by atoms with Crippen LogP contribution < -0.4 is 18.9 Å². The molecule has 0 fully saturated rings. The van der Waals surface area contributed by atoms with E-state index < -0.39 is 28.2 Å². The fraction of sp³-hybridized carbons (Fsp3) is 0. The first-order chi connectivity index (χ1) is 19.7. The van der Waals surface area contributed by atoms with Crippen molar-refractivity contribution in [1.82, 2.24) is 0 Å². The number of hydrogen-bond donors (Lipinski definition) is 0. The molecule has 0 aliphatic carbocycles. The summed E-state index contributed by atoms with van der Waals surface area (Å²) in [6.45, 7) is 0. The molecule has 208 valence electrons. The minimum absolute atomic E-state index is 0.0929. The number of para-hydroxylation sites is 1. The van der Waals surface area contributed by atoms with E-state index in [0.29, 0.717) is 9.50 Å². The fourth-order valence-corrected chi connectivity index (χ4v) is 4.51. The predicted molar refractivity (Wildman–Crippen MR) is 155 cm³/mol. The highest BCUT2D eigenvalue weighted by Crippen LogP contribution is 2.56. The maximum absolute atomic E-state index is 16.1. The lowest BCUT2D eigenvalue weighted by Gasteiger charge is -2.22. The number of rotatable bonds is 8. The van der Waals surface area contributed by atoms with Crippen LogP contribution in [0.4, 0.5) is 13.2 Å². The average Bonchev–Trinajstić information content (AvgIpc) is 2.94. The molecule has 11 heteroatoms. The minimum atomic E-state index is -1.19. The van der Waals surface area contributed by atoms with Crippen molar-refractivity contribution in [2.24, 2.45) is 0 Å². The second kappa shape index (κ2) is 12.5. The van der Waals surface area contributed by atoms with E-state index in [9.17, 15) is 8.78 Å². The van der Waals surface area contributed by atoms with Gasteiger partial charge in [-0.25, -0.2) is 13.2 Å². The topological polar surface area (TPSA) is 36.9 Å². The summed E-state index contributed by atoms with van der Waals surface area (Å²) in [6, 6.07) is 22.0. The zero-order valence-electron chi connectivity index (χ0n) is 20.4. The van der Waals surface area contributed by atoms with Crippen LogP contribution in [0.2, 0.25) is 15.1 Å². The van der Waals surface area contributed by atoms with Crippen molar-refractivity contribution in [3.8, 4) is 46.0 Å². The Bertz CT molecular complexity index is 1750. The van der Waals surface area contributed by atoms with Crippen LogP contribution in [0.1, 0.15) is 0 Å². The summed E-state index contributed by atoms with van der Waals surface area (Å²) < 4.78 is 68.5. The van der Waals surface area contributed by atoms with Gasteiger partial charge in [-0.15, -0.1) is 0 Å². The van der Waals surface area contributed by atoms with E-state index in [4.69, 9.17) is 53.8 Å². The molecular formula is C30H15BrCl3F3O4. The summed E-state index contributed by atoms with van der Waals surface area (Å²) >= 11 is 22.3. The second-order valence-electron chi connectivity index (χ2n) is 8.27. The van der Waals surface area contributed by atoms with Crippen LogP contribution in [0.15, 0.2) is 95.5 Å². The molecular weight excluding hydrogens is 668 g/mol. The van der Waals surface area contributed by atoms with Crippen LogP contribution in [-0.4, -0.2) is 0 Å². The van der Waals surface area contributed by atoms with Gasteiger partial charge < -0.3 is 18.9 Å². The maximum atomic E-state index is 16.1. The summed E-state index contributed by atoms with van der Waals surface area (Å²) in [7, 11) is 0. The van der Waals surface area contributed by atoms with Crippen LogP contribution in [0.25, 0.3) is 0 Å². The maximum Gasteiger partial charge on any atom is 0.219 e. The molecule has 5 aromatic rings. The molecule has 0 aromatic heterocycles. The summed E-state index contributed by atoms with van der Waals surface area (Å²) in [5.74, 6) is -4.61. The molecule has 0 radical (unpaired) electrons. The van der Waals surface area contributed by atoms with E-state index in [2.05, 4.69) is 15.9 Å². The van der Waals surface area contributed by atoms with Crippen molar-refractivity contribution in [3.63, 3.8) is 0 Å². The van der Waals surface area contributed by atoms with Crippen LogP contribution in [0.3, 0.4) is 0 Å². The lowest BCUT2D eigenvalue weighted by Crippen LogP contribution is -2.02. The lowest BCUT2D eigenvalue weighted by molar-refractivity contribution is 0.351. The van der Waals surface area contributed by atoms with Gasteiger partial charge in [0.25, 0.3) is 0 Å². The smallest absolute Gasteiger partial charge is 0.219 e. The third kappa shape index (κ3) is 6.68. The van der Waals surface area contributed by atoms with E-state index >= 15 is 4.39 Å². The first kappa shape index (κ1) is 29.0. The molecule has 4 nitrogen and oxygen atoms in total. The minimum Gasteiger partial charge on any atom is -0.452 e. The first-order valence-electron chi connectivity index (χ1n) is 11.7. The first-order valence-corrected chi connectivity index (χ1v) is 13.6. The quantitative estimate of drug-likeness (QED) is 0.163. The molecule has 0 aliphatic rings. The van der Waals surface area contributed by atoms with Gasteiger partial charge in [-0.1, -0.05) is 75.0 Å². The molecule has 0 unspecified atom stereocenters. The highest BCUT2D eigenvalue weighted by Gasteiger charge is 2.31. The van der Waals surface area contributed by atoms with Gasteiger partial charge in [0.2, 0.25) is 17.2 Å². The third-order valence-corrected chi connectivity index (χ3v) is 6.78. The van der Waals surface area contributed by atoms with Gasteiger partial charge in [0.15, 0.2) is 23.2 Å². The summed E-state index contributed by atoms with van der Waals surface area (Å²) in [6.07, 6.45) is 0. The van der Waals surface area contributed by atoms with Crippen LogP contribution >= 0.6 is 50.7 Å². The van der Waals surface area contributed by atoms with E-state index in [-0.39, 0.29) is 45.3 Å². The second-order valence-corrected chi connectivity index (χ2v) is 10.4. The Morgan fingerprint density at radius 1 is 0.537 bits per heavy atom. The summed E-state index contributed by atoms with van der Waals surface area (Å²) in [5.41, 5.74) is 0. The molecule has 0 saturated heterocycles. The Kier molecular flexibility index (Phi) is 8.85. The van der Waals surface area contributed by atoms with Gasteiger partial charge in [0.05, 0.1) is 5.02 Å². The van der Waals surface area contributed by atoms with Crippen molar-refractivity contribution < 1.29 is 32.1 Å². The molecule has 0 amide bonds. The lowest BCUT2D eigenvalue weighted by atomic mass is 10.2. The number of ether oxygens (including phenoxy) is 4. The van der Waals surface area contributed by atoms with Gasteiger partial charge in [-0.05, 0) is 60.7 Å². The van der Waals surface area contributed by atoms with E-state index in [1.807, 2.05) is 0 Å². The van der Waals surface area contributed by atoms with E-state index in [0.717, 1.165) is 18.2 Å². The normalized spacial score (nSPS) is 10.8. The van der Waals surface area contributed by atoms with Crippen molar-refractivity contribution in [2.45, 2.75) is 0 Å². The Labute approximate surface area is 255 Å². The highest BCUT2D eigenvalue weighted by molar-refractivity contribution is 9.10. The summed E-state index contributed by atoms with van der Waals surface area (Å²) in [5, 5.41) is -0.0636. The predicted octanol–water partition coefficient (Wildman–Crippen LogP) is 12.0. The van der Waals surface area contributed by atoms with Gasteiger partial charge >= 0.3 is 0 Å². The van der Waals surface area contributed by atoms with Crippen LogP contribution in [0.5, 0.6) is 46.0 Å². The SMILES string of the molecule is Fc1ccc(Oc2c(Oc3cccc(Br)c3)c(Cl)c(F)c(Oc3cccc(Cl)c3)c2Oc2ccccc2Cl)cc1F. The van der Waals surface area contributed by atoms with Crippen molar-refractivity contribution in [3.05, 3.63) is 128 Å². The highest BCUT2D eigenvalue weighted by atomic mass is 79.9. The molecule has 0 aliphatic heterocycles. The molecule has 41 heavy (non-hydrogen) atoms. The van der Waals surface area contributed by atoms with Gasteiger partial charge in [-0.3, -0.25) is 0 Å². The standard InChI is InChI=1S/C30H15BrCl3F3O4/c31-16-5-3-7-18(13-16)38-27-25(34)26(37)28(39-19-8-4-6-17(32)14-19)30(41-24-10-2-1-9-21(24)33)29(27)40-20-11-12-22(35)23(36)15-20/h1-15H. The molecule has 0 atom stereocenters. The van der Waals surface area contributed by atoms with Crippen LogP contribution in [0, 0.1) is 17.5 Å². The molecule has 0 bridgehead atoms. The molecule has 5 aromatic carbocycles.